The van der Waals surface area contributed by atoms with E-state index in [0.29, 0.717) is 17.7 Å². The van der Waals surface area contributed by atoms with Gasteiger partial charge in [0.15, 0.2) is 0 Å². The molecule has 1 heterocycles. The lowest BCUT2D eigenvalue weighted by molar-refractivity contribution is 0.590. The van der Waals surface area contributed by atoms with Gasteiger partial charge in [0, 0.05) is 18.0 Å². The summed E-state index contributed by atoms with van der Waals surface area (Å²) >= 11 is 0. The zero-order valence-electron chi connectivity index (χ0n) is 13.2. The summed E-state index contributed by atoms with van der Waals surface area (Å²) in [6, 6.07) is 5.76. The van der Waals surface area contributed by atoms with Crippen LogP contribution in [0.15, 0.2) is 24.3 Å². The maximum absolute atomic E-state index is 13.8. The van der Waals surface area contributed by atoms with Gasteiger partial charge >= 0.3 is 0 Å². The van der Waals surface area contributed by atoms with Crippen LogP contribution in [-0.2, 0) is 0 Å². The molecule has 1 aromatic heterocycles. The van der Waals surface area contributed by atoms with Gasteiger partial charge in [0.1, 0.15) is 23.1 Å². The zero-order chi connectivity index (χ0) is 16.4. The number of halogens is 2. The van der Waals surface area contributed by atoms with Crippen LogP contribution in [0.2, 0.25) is 0 Å². The number of aromatic nitrogens is 2. The van der Waals surface area contributed by atoms with Crippen LogP contribution in [0.25, 0.3) is 0 Å². The van der Waals surface area contributed by atoms with Crippen molar-refractivity contribution < 1.29 is 8.78 Å². The molecule has 0 unspecified atom stereocenters. The Hall–Kier alpha value is -2.24. The third kappa shape index (κ3) is 3.75. The van der Waals surface area contributed by atoms with Gasteiger partial charge in [-0.05, 0) is 38.3 Å². The fourth-order valence-electron chi connectivity index (χ4n) is 2.25. The fourth-order valence-corrected chi connectivity index (χ4v) is 2.25. The lowest BCUT2D eigenvalue weighted by Crippen LogP contribution is -2.16. The van der Waals surface area contributed by atoms with Gasteiger partial charge in [0.25, 0.3) is 0 Å². The molecule has 0 saturated heterocycles. The maximum atomic E-state index is 13.8. The van der Waals surface area contributed by atoms with E-state index in [2.05, 4.69) is 27.5 Å². The van der Waals surface area contributed by atoms with Gasteiger partial charge in [0.2, 0.25) is 5.95 Å². The zero-order valence-corrected chi connectivity index (χ0v) is 13.2. The molecular formula is C17H20F2N4. The minimum absolute atomic E-state index is 0.192. The van der Waals surface area contributed by atoms with Crippen molar-refractivity contribution in [3.05, 3.63) is 41.6 Å². The number of anilines is 3. The van der Waals surface area contributed by atoms with Crippen molar-refractivity contribution in [2.75, 3.05) is 10.6 Å². The predicted octanol–water partition coefficient (Wildman–Crippen LogP) is 4.59. The molecule has 4 nitrogen and oxygen atoms in total. The van der Waals surface area contributed by atoms with Crippen LogP contribution in [-0.4, -0.2) is 16.0 Å². The predicted molar refractivity (Wildman–Crippen MR) is 87.0 cm³/mol. The van der Waals surface area contributed by atoms with E-state index in [1.165, 1.54) is 18.2 Å². The molecule has 0 amide bonds. The maximum Gasteiger partial charge on any atom is 0.225 e. The first-order valence-corrected chi connectivity index (χ1v) is 7.93. The molecule has 2 N–H and O–H groups in total. The Morgan fingerprint density at radius 3 is 2.52 bits per heavy atom. The average Bonchev–Trinajstić information content (AvgIpc) is 3.35. The number of rotatable bonds is 6. The van der Waals surface area contributed by atoms with Crippen LogP contribution in [0.4, 0.5) is 26.2 Å². The first kappa shape index (κ1) is 15.6. The minimum Gasteiger partial charge on any atom is -0.352 e. The normalized spacial score (nSPS) is 15.3. The molecule has 0 bridgehead atoms. The molecule has 23 heavy (non-hydrogen) atoms. The molecule has 1 aliphatic rings. The topological polar surface area (TPSA) is 49.8 Å². The van der Waals surface area contributed by atoms with Crippen molar-refractivity contribution in [1.82, 2.24) is 9.97 Å². The van der Waals surface area contributed by atoms with E-state index < -0.39 is 11.6 Å². The second-order valence-corrected chi connectivity index (χ2v) is 5.95. The second-order valence-electron chi connectivity index (χ2n) is 5.95. The second kappa shape index (κ2) is 6.48. The minimum atomic E-state index is -0.645. The molecule has 0 aliphatic heterocycles. The number of benzene rings is 1. The Bertz CT molecular complexity index is 681. The summed E-state index contributed by atoms with van der Waals surface area (Å²) in [5.74, 6) is 0.0160. The highest BCUT2D eigenvalue weighted by atomic mass is 19.1. The van der Waals surface area contributed by atoms with E-state index >= 15 is 0 Å². The summed E-state index contributed by atoms with van der Waals surface area (Å²) in [7, 11) is 0. The average molecular weight is 318 g/mol. The van der Waals surface area contributed by atoms with Gasteiger partial charge < -0.3 is 10.6 Å². The van der Waals surface area contributed by atoms with Crippen LogP contribution < -0.4 is 10.6 Å². The summed E-state index contributed by atoms with van der Waals surface area (Å²) in [4.78, 5) is 8.86. The van der Waals surface area contributed by atoms with Gasteiger partial charge in [-0.15, -0.1) is 0 Å². The highest BCUT2D eigenvalue weighted by molar-refractivity contribution is 5.59. The lowest BCUT2D eigenvalue weighted by atomic mass is 10.2. The van der Waals surface area contributed by atoms with Crippen molar-refractivity contribution in [3.63, 3.8) is 0 Å². The van der Waals surface area contributed by atoms with Gasteiger partial charge in [0.05, 0.1) is 5.69 Å². The first-order chi connectivity index (χ1) is 11.1. The monoisotopic (exact) mass is 318 g/mol. The van der Waals surface area contributed by atoms with E-state index in [0.717, 1.165) is 25.0 Å². The fraction of sp³-hybridized carbons (Fsp3) is 0.412. The van der Waals surface area contributed by atoms with Crippen LogP contribution in [0, 0.1) is 11.6 Å². The molecule has 1 aliphatic carbocycles. The van der Waals surface area contributed by atoms with E-state index in [-0.39, 0.29) is 11.7 Å². The van der Waals surface area contributed by atoms with E-state index in [4.69, 9.17) is 0 Å². The van der Waals surface area contributed by atoms with Crippen LogP contribution in [0.5, 0.6) is 0 Å². The van der Waals surface area contributed by atoms with E-state index in [1.54, 1.807) is 6.07 Å². The molecule has 3 rings (SSSR count). The third-order valence-corrected chi connectivity index (χ3v) is 3.95. The lowest BCUT2D eigenvalue weighted by Gasteiger charge is -2.15. The largest absolute Gasteiger partial charge is 0.352 e. The quantitative estimate of drug-likeness (QED) is 0.818. The Morgan fingerprint density at radius 2 is 1.91 bits per heavy atom. The van der Waals surface area contributed by atoms with Gasteiger partial charge in [-0.3, -0.25) is 0 Å². The molecule has 1 aromatic carbocycles. The van der Waals surface area contributed by atoms with Gasteiger partial charge in [-0.25, -0.2) is 13.8 Å². The number of nitrogens with one attached hydrogen (secondary N) is 2. The summed E-state index contributed by atoms with van der Waals surface area (Å²) in [5, 5.41) is 5.97. The Kier molecular flexibility index (Phi) is 4.41. The Labute approximate surface area is 134 Å². The van der Waals surface area contributed by atoms with E-state index in [1.807, 2.05) is 6.92 Å². The standard InChI is InChI=1S/C17H20F2N4/c1-3-10(2)20-17-21-14(11-7-8-11)9-15(23-17)22-16-12(18)5-4-6-13(16)19/h4-6,9-11H,3,7-8H2,1-2H3,(H2,20,21,22,23)/t10-/m1/s1. The first-order valence-electron chi connectivity index (χ1n) is 7.93. The highest BCUT2D eigenvalue weighted by Crippen LogP contribution is 2.40. The number of nitrogens with zero attached hydrogens (tertiary/aromatic N) is 2. The van der Waals surface area contributed by atoms with Crippen molar-refractivity contribution in [2.24, 2.45) is 0 Å². The number of hydrogen-bond donors (Lipinski definition) is 2. The summed E-state index contributed by atoms with van der Waals surface area (Å²) in [5.41, 5.74) is 0.715. The van der Waals surface area contributed by atoms with E-state index in [9.17, 15) is 8.78 Å². The number of hydrogen-bond acceptors (Lipinski definition) is 4. The molecule has 1 saturated carbocycles. The Morgan fingerprint density at radius 1 is 1.22 bits per heavy atom. The molecule has 0 radical (unpaired) electrons. The Balaban J connectivity index is 1.91. The van der Waals surface area contributed by atoms with Crippen molar-refractivity contribution >= 4 is 17.5 Å². The molecule has 1 atom stereocenters. The third-order valence-electron chi connectivity index (χ3n) is 3.95. The van der Waals surface area contributed by atoms with Crippen molar-refractivity contribution in [2.45, 2.75) is 45.1 Å². The summed E-state index contributed by atoms with van der Waals surface area (Å²) in [6.07, 6.45) is 3.11. The number of para-hydroxylation sites is 1. The van der Waals surface area contributed by atoms with Gasteiger partial charge in [-0.2, -0.15) is 4.98 Å². The molecule has 1 fully saturated rings. The molecular weight excluding hydrogens is 298 g/mol. The van der Waals surface area contributed by atoms with Crippen LogP contribution in [0.1, 0.15) is 44.7 Å². The smallest absolute Gasteiger partial charge is 0.225 e. The van der Waals surface area contributed by atoms with Crippen molar-refractivity contribution in [1.29, 1.82) is 0 Å². The van der Waals surface area contributed by atoms with Crippen molar-refractivity contribution in [3.8, 4) is 0 Å². The summed E-state index contributed by atoms with van der Waals surface area (Å²) < 4.78 is 27.6. The van der Waals surface area contributed by atoms with Crippen LogP contribution >= 0.6 is 0 Å². The molecule has 122 valence electrons. The van der Waals surface area contributed by atoms with Crippen LogP contribution in [0.3, 0.4) is 0 Å². The SMILES string of the molecule is CC[C@@H](C)Nc1nc(Nc2c(F)cccc2F)cc(C2CC2)n1. The molecule has 6 heteroatoms. The van der Waals surface area contributed by atoms with Gasteiger partial charge in [-0.1, -0.05) is 13.0 Å². The highest BCUT2D eigenvalue weighted by Gasteiger charge is 2.26. The molecule has 0 spiro atoms. The molecule has 2 aromatic rings. The summed E-state index contributed by atoms with van der Waals surface area (Å²) in [6.45, 7) is 4.10.